The minimum atomic E-state index is -3.82. The van der Waals surface area contributed by atoms with E-state index >= 15 is 0 Å². The fourth-order valence-corrected chi connectivity index (χ4v) is 4.71. The molecular formula is C23H20N2O4S. The number of hydrogen-bond acceptors (Lipinski definition) is 4. The first-order chi connectivity index (χ1) is 14.5. The summed E-state index contributed by atoms with van der Waals surface area (Å²) in [6, 6.07) is 23.8. The molecule has 2 N–H and O–H groups in total. The number of benzene rings is 3. The van der Waals surface area contributed by atoms with E-state index in [9.17, 15) is 18.0 Å². The SMILES string of the molecule is O=C1NC(=O)c2cc(S(=O)(=O)NCCC(c3ccccc3)c3ccccc3)ccc21. The summed E-state index contributed by atoms with van der Waals surface area (Å²) >= 11 is 0. The van der Waals surface area contributed by atoms with E-state index in [-0.39, 0.29) is 28.5 Å². The van der Waals surface area contributed by atoms with Crippen molar-refractivity contribution < 1.29 is 18.0 Å². The molecule has 1 heterocycles. The Morgan fingerprint density at radius 2 is 1.33 bits per heavy atom. The average molecular weight is 420 g/mol. The van der Waals surface area contributed by atoms with E-state index in [4.69, 9.17) is 0 Å². The Morgan fingerprint density at radius 3 is 1.93 bits per heavy atom. The summed E-state index contributed by atoms with van der Waals surface area (Å²) in [5.74, 6) is -1.06. The van der Waals surface area contributed by atoms with Crippen LogP contribution >= 0.6 is 0 Å². The average Bonchev–Trinajstić information content (AvgIpc) is 3.05. The summed E-state index contributed by atoms with van der Waals surface area (Å²) in [4.78, 5) is 23.4. The molecule has 0 atom stereocenters. The highest BCUT2D eigenvalue weighted by molar-refractivity contribution is 7.89. The third-order valence-electron chi connectivity index (χ3n) is 5.15. The molecule has 3 aromatic carbocycles. The van der Waals surface area contributed by atoms with Gasteiger partial charge in [0.05, 0.1) is 16.0 Å². The van der Waals surface area contributed by atoms with Gasteiger partial charge in [-0.15, -0.1) is 0 Å². The van der Waals surface area contributed by atoms with Crippen molar-refractivity contribution in [2.24, 2.45) is 0 Å². The van der Waals surface area contributed by atoms with Crippen LogP contribution in [-0.4, -0.2) is 26.8 Å². The molecule has 3 aromatic rings. The van der Waals surface area contributed by atoms with Crippen molar-refractivity contribution in [3.8, 4) is 0 Å². The first-order valence-electron chi connectivity index (χ1n) is 9.55. The quantitative estimate of drug-likeness (QED) is 0.575. The highest BCUT2D eigenvalue weighted by Crippen LogP contribution is 2.28. The Hall–Kier alpha value is -3.29. The number of imide groups is 1. The Kier molecular flexibility index (Phi) is 5.48. The standard InChI is InChI=1S/C23H20N2O4S/c26-22-20-12-11-18(15-21(20)23(27)25-22)30(28,29)24-14-13-19(16-7-3-1-4-8-16)17-9-5-2-6-10-17/h1-12,15,19,24H,13-14H2,(H,25,26,27). The molecule has 0 fully saturated rings. The molecule has 0 bridgehead atoms. The molecule has 30 heavy (non-hydrogen) atoms. The van der Waals surface area contributed by atoms with Crippen LogP contribution in [0.4, 0.5) is 0 Å². The molecule has 7 heteroatoms. The van der Waals surface area contributed by atoms with Crippen LogP contribution in [0.25, 0.3) is 0 Å². The van der Waals surface area contributed by atoms with Gasteiger partial charge in [-0.2, -0.15) is 0 Å². The molecule has 6 nitrogen and oxygen atoms in total. The Morgan fingerprint density at radius 1 is 0.767 bits per heavy atom. The third kappa shape index (κ3) is 4.03. The minimum absolute atomic E-state index is 0.0397. The zero-order valence-corrected chi connectivity index (χ0v) is 16.9. The largest absolute Gasteiger partial charge is 0.288 e. The van der Waals surface area contributed by atoms with Crippen LogP contribution in [0.3, 0.4) is 0 Å². The monoisotopic (exact) mass is 420 g/mol. The number of hydrogen-bond donors (Lipinski definition) is 2. The maximum absolute atomic E-state index is 12.7. The molecule has 2 amide bonds. The second-order valence-corrected chi connectivity index (χ2v) is 8.82. The number of nitrogens with one attached hydrogen (secondary N) is 2. The van der Waals surface area contributed by atoms with E-state index in [2.05, 4.69) is 10.0 Å². The van der Waals surface area contributed by atoms with E-state index < -0.39 is 21.8 Å². The van der Waals surface area contributed by atoms with Crippen LogP contribution in [0, 0.1) is 0 Å². The lowest BCUT2D eigenvalue weighted by atomic mass is 9.89. The predicted octanol–water partition coefficient (Wildman–Crippen LogP) is 3.07. The second kappa shape index (κ2) is 8.22. The van der Waals surface area contributed by atoms with Crippen molar-refractivity contribution in [1.82, 2.24) is 10.0 Å². The van der Waals surface area contributed by atoms with Gasteiger partial charge in [-0.25, -0.2) is 13.1 Å². The lowest BCUT2D eigenvalue weighted by Gasteiger charge is -2.18. The second-order valence-electron chi connectivity index (χ2n) is 7.05. The van der Waals surface area contributed by atoms with Gasteiger partial charge in [0, 0.05) is 12.5 Å². The summed E-state index contributed by atoms with van der Waals surface area (Å²) in [5, 5.41) is 2.16. The summed E-state index contributed by atoms with van der Waals surface area (Å²) < 4.78 is 28.1. The summed E-state index contributed by atoms with van der Waals surface area (Å²) in [6.45, 7) is 0.221. The Bertz CT molecular complexity index is 1150. The van der Waals surface area contributed by atoms with E-state index in [0.29, 0.717) is 6.42 Å². The molecule has 0 saturated carbocycles. The molecule has 4 rings (SSSR count). The van der Waals surface area contributed by atoms with Gasteiger partial charge in [0.2, 0.25) is 10.0 Å². The van der Waals surface area contributed by atoms with E-state index in [0.717, 1.165) is 11.1 Å². The zero-order chi connectivity index (χ0) is 21.1. The molecule has 1 aliphatic rings. The van der Waals surface area contributed by atoms with Crippen molar-refractivity contribution in [2.75, 3.05) is 6.54 Å². The Labute approximate surface area is 175 Å². The molecule has 0 radical (unpaired) electrons. The van der Waals surface area contributed by atoms with Crippen LogP contribution in [-0.2, 0) is 10.0 Å². The van der Waals surface area contributed by atoms with Crippen LogP contribution < -0.4 is 10.0 Å². The van der Waals surface area contributed by atoms with Gasteiger partial charge >= 0.3 is 0 Å². The van der Waals surface area contributed by atoms with Gasteiger partial charge in [0.15, 0.2) is 0 Å². The minimum Gasteiger partial charge on any atom is -0.288 e. The summed E-state index contributed by atoms with van der Waals surface area (Å²) in [7, 11) is -3.82. The van der Waals surface area contributed by atoms with E-state index in [1.807, 2.05) is 60.7 Å². The van der Waals surface area contributed by atoms with Crippen LogP contribution in [0.5, 0.6) is 0 Å². The molecule has 152 valence electrons. The number of sulfonamides is 1. The third-order valence-corrected chi connectivity index (χ3v) is 6.61. The number of amides is 2. The van der Waals surface area contributed by atoms with Crippen molar-refractivity contribution >= 4 is 21.8 Å². The molecule has 0 aliphatic carbocycles. The van der Waals surface area contributed by atoms with Crippen LogP contribution in [0.2, 0.25) is 0 Å². The lowest BCUT2D eigenvalue weighted by Crippen LogP contribution is -2.26. The fraction of sp³-hybridized carbons (Fsp3) is 0.130. The normalized spacial score (nSPS) is 13.4. The van der Waals surface area contributed by atoms with E-state index in [1.54, 1.807) is 0 Å². The molecule has 0 spiro atoms. The number of carbonyl (C=O) groups excluding carboxylic acids is 2. The van der Waals surface area contributed by atoms with Crippen molar-refractivity contribution in [3.05, 3.63) is 101 Å². The summed E-state index contributed by atoms with van der Waals surface area (Å²) in [5.41, 5.74) is 2.48. The van der Waals surface area contributed by atoms with Gasteiger partial charge < -0.3 is 0 Å². The number of carbonyl (C=O) groups is 2. The van der Waals surface area contributed by atoms with Crippen LogP contribution in [0.15, 0.2) is 83.8 Å². The molecule has 1 aliphatic heterocycles. The van der Waals surface area contributed by atoms with E-state index in [1.165, 1.54) is 18.2 Å². The molecule has 0 saturated heterocycles. The van der Waals surface area contributed by atoms with Crippen LogP contribution in [0.1, 0.15) is 44.2 Å². The van der Waals surface area contributed by atoms with Crippen molar-refractivity contribution in [2.45, 2.75) is 17.2 Å². The van der Waals surface area contributed by atoms with Crippen molar-refractivity contribution in [3.63, 3.8) is 0 Å². The van der Waals surface area contributed by atoms with Gasteiger partial charge in [-0.1, -0.05) is 60.7 Å². The smallest absolute Gasteiger partial charge is 0.258 e. The molecule has 0 aromatic heterocycles. The van der Waals surface area contributed by atoms with Gasteiger partial charge in [0.25, 0.3) is 11.8 Å². The number of rotatable bonds is 7. The highest BCUT2D eigenvalue weighted by Gasteiger charge is 2.28. The summed E-state index contributed by atoms with van der Waals surface area (Å²) in [6.07, 6.45) is 0.567. The van der Waals surface area contributed by atoms with Gasteiger partial charge in [-0.05, 0) is 35.7 Å². The molecular weight excluding hydrogens is 400 g/mol. The topological polar surface area (TPSA) is 92.3 Å². The lowest BCUT2D eigenvalue weighted by molar-refractivity contribution is 0.0879. The highest BCUT2D eigenvalue weighted by atomic mass is 32.2. The Balaban J connectivity index is 1.51. The molecule has 0 unspecified atom stereocenters. The zero-order valence-electron chi connectivity index (χ0n) is 16.0. The first-order valence-corrected chi connectivity index (χ1v) is 11.0. The first kappa shape index (κ1) is 20.0. The maximum atomic E-state index is 12.7. The van der Waals surface area contributed by atoms with Gasteiger partial charge in [0.1, 0.15) is 0 Å². The van der Waals surface area contributed by atoms with Crippen molar-refractivity contribution in [1.29, 1.82) is 0 Å². The maximum Gasteiger partial charge on any atom is 0.258 e. The predicted molar refractivity (Wildman–Crippen MR) is 113 cm³/mol. The fourth-order valence-electron chi connectivity index (χ4n) is 3.63. The van der Waals surface area contributed by atoms with Gasteiger partial charge in [-0.3, -0.25) is 14.9 Å². The number of fused-ring (bicyclic) bond motifs is 1.